The van der Waals surface area contributed by atoms with Gasteiger partial charge in [-0.25, -0.2) is 0 Å². The van der Waals surface area contributed by atoms with Crippen LogP contribution in [0.1, 0.15) is 18.1 Å². The zero-order valence-electron chi connectivity index (χ0n) is 11.3. The number of thioether (sulfide) groups is 1. The second-order valence-electron chi connectivity index (χ2n) is 4.11. The minimum Gasteiger partial charge on any atom is -0.494 e. The summed E-state index contributed by atoms with van der Waals surface area (Å²) < 4.78 is 5.42. The zero-order chi connectivity index (χ0) is 13.5. The maximum Gasteiger partial charge on any atom is 0.119 e. The molecule has 0 aromatic heterocycles. The predicted octanol–water partition coefficient (Wildman–Crippen LogP) is 4.98. The van der Waals surface area contributed by atoms with E-state index >= 15 is 0 Å². The van der Waals surface area contributed by atoms with Gasteiger partial charge in [0.25, 0.3) is 0 Å². The van der Waals surface area contributed by atoms with Gasteiger partial charge < -0.3 is 4.74 Å². The van der Waals surface area contributed by atoms with E-state index < -0.39 is 0 Å². The molecule has 0 unspecified atom stereocenters. The van der Waals surface area contributed by atoms with Crippen molar-refractivity contribution in [3.8, 4) is 5.75 Å². The largest absolute Gasteiger partial charge is 0.494 e. The zero-order valence-corrected chi connectivity index (χ0v) is 12.1. The fraction of sp³-hybridized carbons (Fsp3) is 0.176. The minimum absolute atomic E-state index is 0.705. The smallest absolute Gasteiger partial charge is 0.119 e. The summed E-state index contributed by atoms with van der Waals surface area (Å²) in [6.45, 7) is 2.70. The van der Waals surface area contributed by atoms with E-state index in [1.807, 2.05) is 19.1 Å². The Labute approximate surface area is 119 Å². The van der Waals surface area contributed by atoms with Crippen LogP contribution in [0.4, 0.5) is 0 Å². The summed E-state index contributed by atoms with van der Waals surface area (Å²) in [6.07, 6.45) is 6.33. The molecule has 19 heavy (non-hydrogen) atoms. The third kappa shape index (κ3) is 4.18. The van der Waals surface area contributed by atoms with Crippen LogP contribution >= 0.6 is 11.8 Å². The first-order valence-corrected chi connectivity index (χ1v) is 7.59. The van der Waals surface area contributed by atoms with Crippen molar-refractivity contribution in [3.63, 3.8) is 0 Å². The molecule has 0 saturated heterocycles. The van der Waals surface area contributed by atoms with Crippen LogP contribution < -0.4 is 4.74 Å². The van der Waals surface area contributed by atoms with Crippen molar-refractivity contribution in [3.05, 3.63) is 59.7 Å². The van der Waals surface area contributed by atoms with Gasteiger partial charge in [0, 0.05) is 4.90 Å². The van der Waals surface area contributed by atoms with E-state index in [0.29, 0.717) is 6.61 Å². The average Bonchev–Trinajstić information content (AvgIpc) is 2.47. The quantitative estimate of drug-likeness (QED) is 0.560. The van der Waals surface area contributed by atoms with Crippen LogP contribution in [-0.2, 0) is 0 Å². The molecular formula is C17H18OS. The van der Waals surface area contributed by atoms with Gasteiger partial charge in [0.2, 0.25) is 0 Å². The minimum atomic E-state index is 0.705. The number of hydrogen-bond donors (Lipinski definition) is 0. The van der Waals surface area contributed by atoms with Gasteiger partial charge >= 0.3 is 0 Å². The highest BCUT2D eigenvalue weighted by molar-refractivity contribution is 7.98. The fourth-order valence-electron chi connectivity index (χ4n) is 1.75. The molecule has 2 aromatic carbocycles. The van der Waals surface area contributed by atoms with Crippen molar-refractivity contribution in [2.45, 2.75) is 11.8 Å². The highest BCUT2D eigenvalue weighted by Crippen LogP contribution is 2.17. The van der Waals surface area contributed by atoms with Gasteiger partial charge in [-0.15, -0.1) is 11.8 Å². The average molecular weight is 270 g/mol. The first-order valence-electron chi connectivity index (χ1n) is 6.37. The van der Waals surface area contributed by atoms with Crippen molar-refractivity contribution in [2.75, 3.05) is 12.9 Å². The maximum absolute atomic E-state index is 5.42. The van der Waals surface area contributed by atoms with Crippen molar-refractivity contribution < 1.29 is 4.74 Å². The van der Waals surface area contributed by atoms with E-state index in [9.17, 15) is 0 Å². The molecule has 1 nitrogen and oxygen atoms in total. The fourth-order valence-corrected chi connectivity index (χ4v) is 2.16. The molecule has 0 aliphatic rings. The second kappa shape index (κ2) is 7.05. The van der Waals surface area contributed by atoms with Crippen molar-refractivity contribution in [1.82, 2.24) is 0 Å². The molecule has 0 amide bonds. The Kier molecular flexibility index (Phi) is 5.10. The number of hydrogen-bond acceptors (Lipinski definition) is 2. The predicted molar refractivity (Wildman–Crippen MR) is 84.8 cm³/mol. The van der Waals surface area contributed by atoms with Crippen LogP contribution in [-0.4, -0.2) is 12.9 Å². The molecule has 2 aromatic rings. The lowest BCUT2D eigenvalue weighted by Gasteiger charge is -2.02. The topological polar surface area (TPSA) is 9.23 Å². The molecule has 0 aliphatic carbocycles. The summed E-state index contributed by atoms with van der Waals surface area (Å²) in [5.41, 5.74) is 2.39. The molecule has 0 atom stereocenters. The van der Waals surface area contributed by atoms with Gasteiger partial charge in [0.15, 0.2) is 0 Å². The Hall–Kier alpha value is -1.67. The summed E-state index contributed by atoms with van der Waals surface area (Å²) in [6, 6.07) is 16.7. The van der Waals surface area contributed by atoms with Crippen LogP contribution in [0.25, 0.3) is 12.2 Å². The van der Waals surface area contributed by atoms with Gasteiger partial charge in [0.05, 0.1) is 6.61 Å². The van der Waals surface area contributed by atoms with Gasteiger partial charge in [0.1, 0.15) is 5.75 Å². The van der Waals surface area contributed by atoms with E-state index in [1.165, 1.54) is 16.0 Å². The normalized spacial score (nSPS) is 10.8. The molecule has 0 fully saturated rings. The van der Waals surface area contributed by atoms with Crippen LogP contribution in [0.15, 0.2) is 53.4 Å². The van der Waals surface area contributed by atoms with Gasteiger partial charge in [-0.1, -0.05) is 36.4 Å². The SMILES string of the molecule is CCOc1ccc(/C=C/c2ccc(SC)cc2)cc1. The van der Waals surface area contributed by atoms with E-state index in [2.05, 4.69) is 54.8 Å². The Morgan fingerprint density at radius 1 is 0.895 bits per heavy atom. The third-order valence-corrected chi connectivity index (χ3v) is 3.52. The molecule has 2 heteroatoms. The summed E-state index contributed by atoms with van der Waals surface area (Å²) in [4.78, 5) is 1.29. The monoisotopic (exact) mass is 270 g/mol. The highest BCUT2D eigenvalue weighted by Gasteiger charge is 1.92. The van der Waals surface area contributed by atoms with Crippen molar-refractivity contribution in [2.24, 2.45) is 0 Å². The van der Waals surface area contributed by atoms with Crippen LogP contribution in [0.2, 0.25) is 0 Å². The van der Waals surface area contributed by atoms with E-state index in [4.69, 9.17) is 4.74 Å². The molecular weight excluding hydrogens is 252 g/mol. The summed E-state index contributed by atoms with van der Waals surface area (Å²) in [5, 5.41) is 0. The lowest BCUT2D eigenvalue weighted by atomic mass is 10.1. The molecule has 2 rings (SSSR count). The summed E-state index contributed by atoms with van der Waals surface area (Å²) in [5.74, 6) is 0.920. The standard InChI is InChI=1S/C17H18OS/c1-3-18-16-10-6-14(7-11-16)4-5-15-8-12-17(19-2)13-9-15/h4-13H,3H2,1-2H3/b5-4+. The molecule has 0 spiro atoms. The first kappa shape index (κ1) is 13.8. The molecule has 0 aliphatic heterocycles. The van der Waals surface area contributed by atoms with Crippen LogP contribution in [0, 0.1) is 0 Å². The Morgan fingerprint density at radius 2 is 1.42 bits per heavy atom. The molecule has 0 N–H and O–H groups in total. The lowest BCUT2D eigenvalue weighted by molar-refractivity contribution is 0.340. The van der Waals surface area contributed by atoms with E-state index in [-0.39, 0.29) is 0 Å². The number of benzene rings is 2. The molecule has 0 bridgehead atoms. The third-order valence-electron chi connectivity index (χ3n) is 2.78. The highest BCUT2D eigenvalue weighted by atomic mass is 32.2. The van der Waals surface area contributed by atoms with Crippen LogP contribution in [0.5, 0.6) is 5.75 Å². The molecule has 0 heterocycles. The number of rotatable bonds is 5. The lowest BCUT2D eigenvalue weighted by Crippen LogP contribution is -1.90. The van der Waals surface area contributed by atoms with Gasteiger partial charge in [-0.2, -0.15) is 0 Å². The molecule has 0 saturated carbocycles. The second-order valence-corrected chi connectivity index (χ2v) is 4.99. The van der Waals surface area contributed by atoms with Crippen molar-refractivity contribution >= 4 is 23.9 Å². The number of ether oxygens (including phenoxy) is 1. The summed E-state index contributed by atoms with van der Waals surface area (Å²) >= 11 is 1.76. The van der Waals surface area contributed by atoms with E-state index in [0.717, 1.165) is 5.75 Å². The van der Waals surface area contributed by atoms with E-state index in [1.54, 1.807) is 11.8 Å². The Bertz CT molecular complexity index is 526. The Morgan fingerprint density at radius 3 is 1.89 bits per heavy atom. The molecule has 98 valence electrons. The Balaban J connectivity index is 2.04. The first-order chi connectivity index (χ1) is 9.31. The van der Waals surface area contributed by atoms with Gasteiger partial charge in [-0.05, 0) is 48.6 Å². The van der Waals surface area contributed by atoms with Crippen molar-refractivity contribution in [1.29, 1.82) is 0 Å². The van der Waals surface area contributed by atoms with Crippen LogP contribution in [0.3, 0.4) is 0 Å². The maximum atomic E-state index is 5.42. The van der Waals surface area contributed by atoms with Gasteiger partial charge in [-0.3, -0.25) is 0 Å². The molecule has 0 radical (unpaired) electrons. The summed E-state index contributed by atoms with van der Waals surface area (Å²) in [7, 11) is 0.